The summed E-state index contributed by atoms with van der Waals surface area (Å²) >= 11 is 5.66. The molecule has 0 aliphatic rings. The van der Waals surface area contributed by atoms with Crippen molar-refractivity contribution >= 4 is 11.6 Å². The van der Waals surface area contributed by atoms with Gasteiger partial charge in [-0.05, 0) is 36.1 Å². The van der Waals surface area contributed by atoms with Crippen LogP contribution in [-0.4, -0.2) is 4.98 Å². The molecule has 0 radical (unpaired) electrons. The molecule has 1 heterocycles. The molecule has 1 unspecified atom stereocenters. The normalized spacial score (nSPS) is 12.2. The van der Waals surface area contributed by atoms with E-state index in [2.05, 4.69) is 18.8 Å². The smallest absolute Gasteiger partial charge is 0.256 e. The van der Waals surface area contributed by atoms with Crippen molar-refractivity contribution in [3.63, 3.8) is 0 Å². The zero-order chi connectivity index (χ0) is 14.5. The standard InChI is InChI=1S/C16H17ClFNO/c1-3-11(2)12-4-6-14(7-5-12)20-16-15(18)13(10-17)8-9-19-16/h4-9,11H,3,10H2,1-2H3. The number of hydrogen-bond donors (Lipinski definition) is 0. The minimum atomic E-state index is -0.506. The maximum absolute atomic E-state index is 13.9. The summed E-state index contributed by atoms with van der Waals surface area (Å²) in [6.07, 6.45) is 2.57. The number of ether oxygens (including phenoxy) is 1. The Morgan fingerprint density at radius 3 is 2.55 bits per heavy atom. The number of halogens is 2. The molecule has 0 saturated heterocycles. The highest BCUT2D eigenvalue weighted by molar-refractivity contribution is 6.17. The Balaban J connectivity index is 2.18. The van der Waals surface area contributed by atoms with Crippen LogP contribution >= 0.6 is 11.6 Å². The minimum Gasteiger partial charge on any atom is -0.436 e. The second kappa shape index (κ2) is 6.71. The van der Waals surface area contributed by atoms with Crippen LogP contribution in [0, 0.1) is 5.82 Å². The van der Waals surface area contributed by atoms with Crippen LogP contribution < -0.4 is 4.74 Å². The van der Waals surface area contributed by atoms with Crippen molar-refractivity contribution in [2.45, 2.75) is 32.1 Å². The fraction of sp³-hybridized carbons (Fsp3) is 0.312. The average molecular weight is 294 g/mol. The Morgan fingerprint density at radius 1 is 1.25 bits per heavy atom. The molecular weight excluding hydrogens is 277 g/mol. The largest absolute Gasteiger partial charge is 0.436 e. The minimum absolute atomic E-state index is 0.0422. The summed E-state index contributed by atoms with van der Waals surface area (Å²) < 4.78 is 19.4. The Hall–Kier alpha value is -1.61. The van der Waals surface area contributed by atoms with Crippen molar-refractivity contribution < 1.29 is 9.13 Å². The molecule has 20 heavy (non-hydrogen) atoms. The Morgan fingerprint density at radius 2 is 1.95 bits per heavy atom. The van der Waals surface area contributed by atoms with Crippen molar-refractivity contribution in [1.29, 1.82) is 0 Å². The number of hydrogen-bond acceptors (Lipinski definition) is 2. The summed E-state index contributed by atoms with van der Waals surface area (Å²) in [6.45, 7) is 4.31. The van der Waals surface area contributed by atoms with Crippen LogP contribution in [0.25, 0.3) is 0 Å². The van der Waals surface area contributed by atoms with Crippen LogP contribution in [0.2, 0.25) is 0 Å². The second-order valence-corrected chi connectivity index (χ2v) is 4.97. The SMILES string of the molecule is CCC(C)c1ccc(Oc2nccc(CCl)c2F)cc1. The van der Waals surface area contributed by atoms with E-state index in [1.54, 1.807) is 6.07 Å². The highest BCUT2D eigenvalue weighted by atomic mass is 35.5. The molecule has 0 bridgehead atoms. The summed E-state index contributed by atoms with van der Waals surface area (Å²) in [5, 5.41) is 0. The molecule has 0 saturated carbocycles. The lowest BCUT2D eigenvalue weighted by Crippen LogP contribution is -1.96. The molecule has 1 atom stereocenters. The fourth-order valence-electron chi connectivity index (χ4n) is 1.85. The highest BCUT2D eigenvalue weighted by Gasteiger charge is 2.11. The molecule has 2 aromatic rings. The van der Waals surface area contributed by atoms with E-state index in [4.69, 9.17) is 16.3 Å². The average Bonchev–Trinajstić information content (AvgIpc) is 2.49. The van der Waals surface area contributed by atoms with Crippen LogP contribution in [0.4, 0.5) is 4.39 Å². The van der Waals surface area contributed by atoms with Gasteiger partial charge in [0.1, 0.15) is 5.75 Å². The van der Waals surface area contributed by atoms with Gasteiger partial charge in [0.25, 0.3) is 5.88 Å². The Labute approximate surface area is 123 Å². The first-order valence-electron chi connectivity index (χ1n) is 6.62. The number of alkyl halides is 1. The molecule has 106 valence electrons. The van der Waals surface area contributed by atoms with Crippen molar-refractivity contribution in [3.8, 4) is 11.6 Å². The highest BCUT2D eigenvalue weighted by Crippen LogP contribution is 2.27. The molecule has 0 aliphatic heterocycles. The molecule has 2 nitrogen and oxygen atoms in total. The first-order chi connectivity index (χ1) is 9.65. The van der Waals surface area contributed by atoms with Gasteiger partial charge in [-0.25, -0.2) is 9.37 Å². The summed E-state index contributed by atoms with van der Waals surface area (Å²) in [4.78, 5) is 3.90. The quantitative estimate of drug-likeness (QED) is 0.701. The molecule has 1 aromatic carbocycles. The van der Waals surface area contributed by atoms with Gasteiger partial charge in [0.2, 0.25) is 0 Å². The van der Waals surface area contributed by atoms with Crippen molar-refractivity contribution in [3.05, 3.63) is 53.5 Å². The Bertz CT molecular complexity index is 571. The van der Waals surface area contributed by atoms with E-state index in [-0.39, 0.29) is 11.8 Å². The van der Waals surface area contributed by atoms with Gasteiger partial charge in [0.15, 0.2) is 5.82 Å². The molecule has 4 heteroatoms. The predicted molar refractivity (Wildman–Crippen MR) is 79.0 cm³/mol. The van der Waals surface area contributed by atoms with Gasteiger partial charge in [-0.3, -0.25) is 0 Å². The van der Waals surface area contributed by atoms with Gasteiger partial charge < -0.3 is 4.74 Å². The van der Waals surface area contributed by atoms with Gasteiger partial charge in [0, 0.05) is 11.8 Å². The van der Waals surface area contributed by atoms with Gasteiger partial charge >= 0.3 is 0 Å². The lowest BCUT2D eigenvalue weighted by atomic mass is 9.99. The third kappa shape index (κ3) is 3.28. The van der Waals surface area contributed by atoms with Gasteiger partial charge in [-0.15, -0.1) is 11.6 Å². The predicted octanol–water partition coefficient (Wildman–Crippen LogP) is 5.27. The lowest BCUT2D eigenvalue weighted by molar-refractivity contribution is 0.420. The molecule has 2 rings (SSSR count). The summed E-state index contributed by atoms with van der Waals surface area (Å²) in [6, 6.07) is 9.19. The maximum atomic E-state index is 13.9. The van der Waals surface area contributed by atoms with Crippen molar-refractivity contribution in [2.24, 2.45) is 0 Å². The van der Waals surface area contributed by atoms with Crippen LogP contribution in [0.5, 0.6) is 11.6 Å². The fourth-order valence-corrected chi connectivity index (χ4v) is 2.05. The monoisotopic (exact) mass is 293 g/mol. The third-order valence-electron chi connectivity index (χ3n) is 3.36. The van der Waals surface area contributed by atoms with E-state index < -0.39 is 5.82 Å². The van der Waals surface area contributed by atoms with Crippen LogP contribution in [0.15, 0.2) is 36.5 Å². The van der Waals surface area contributed by atoms with Crippen molar-refractivity contribution in [2.75, 3.05) is 0 Å². The van der Waals surface area contributed by atoms with E-state index >= 15 is 0 Å². The molecule has 0 amide bonds. The summed E-state index contributed by atoms with van der Waals surface area (Å²) in [7, 11) is 0. The first kappa shape index (κ1) is 14.8. The van der Waals surface area contributed by atoms with Crippen LogP contribution in [0.1, 0.15) is 37.3 Å². The molecule has 0 fully saturated rings. The van der Waals surface area contributed by atoms with E-state index in [1.807, 2.05) is 24.3 Å². The maximum Gasteiger partial charge on any atom is 0.256 e. The first-order valence-corrected chi connectivity index (χ1v) is 7.16. The van der Waals surface area contributed by atoms with Gasteiger partial charge in [-0.2, -0.15) is 0 Å². The molecule has 0 N–H and O–H groups in total. The van der Waals surface area contributed by atoms with Crippen molar-refractivity contribution in [1.82, 2.24) is 4.98 Å². The number of benzene rings is 1. The lowest BCUT2D eigenvalue weighted by Gasteiger charge is -2.11. The number of aromatic nitrogens is 1. The third-order valence-corrected chi connectivity index (χ3v) is 3.65. The number of nitrogens with zero attached hydrogens (tertiary/aromatic N) is 1. The number of pyridine rings is 1. The number of rotatable bonds is 5. The van der Waals surface area contributed by atoms with E-state index in [9.17, 15) is 4.39 Å². The molecule has 1 aromatic heterocycles. The Kier molecular flexibility index (Phi) is 4.96. The van der Waals surface area contributed by atoms with E-state index in [1.165, 1.54) is 11.8 Å². The van der Waals surface area contributed by atoms with E-state index in [0.29, 0.717) is 17.2 Å². The molecular formula is C16H17ClFNO. The summed E-state index contributed by atoms with van der Waals surface area (Å²) in [5.41, 5.74) is 1.62. The molecule has 0 spiro atoms. The zero-order valence-corrected chi connectivity index (χ0v) is 12.3. The summed E-state index contributed by atoms with van der Waals surface area (Å²) in [5.74, 6) is 0.610. The van der Waals surface area contributed by atoms with Crippen LogP contribution in [0.3, 0.4) is 0 Å². The topological polar surface area (TPSA) is 22.1 Å². The van der Waals surface area contributed by atoms with Gasteiger partial charge in [0.05, 0.1) is 5.88 Å². The van der Waals surface area contributed by atoms with E-state index in [0.717, 1.165) is 6.42 Å². The van der Waals surface area contributed by atoms with Gasteiger partial charge in [-0.1, -0.05) is 26.0 Å². The van der Waals surface area contributed by atoms with Crippen LogP contribution in [-0.2, 0) is 5.88 Å². The zero-order valence-electron chi connectivity index (χ0n) is 11.6. The molecule has 0 aliphatic carbocycles. The second-order valence-electron chi connectivity index (χ2n) is 4.70.